The van der Waals surface area contributed by atoms with Gasteiger partial charge < -0.3 is 14.9 Å². The van der Waals surface area contributed by atoms with E-state index >= 15 is 0 Å². The van der Waals surface area contributed by atoms with Gasteiger partial charge in [-0.2, -0.15) is 4.31 Å². The predicted octanol–water partition coefficient (Wildman–Crippen LogP) is 6.47. The number of benzene rings is 2. The molecule has 1 saturated carbocycles. The molecule has 0 radical (unpaired) electrons. The number of hydrogen-bond acceptors (Lipinski definition) is 7. The zero-order valence-corrected chi connectivity index (χ0v) is 28.6. The molecule has 6 rings (SSSR count). The molecule has 0 aliphatic heterocycles. The highest BCUT2D eigenvalue weighted by Gasteiger charge is 2.57. The summed E-state index contributed by atoms with van der Waals surface area (Å²) >= 11 is 1.48. The van der Waals surface area contributed by atoms with Crippen molar-refractivity contribution < 1.29 is 28.2 Å². The summed E-state index contributed by atoms with van der Waals surface area (Å²) in [6.45, 7) is 4.85. The van der Waals surface area contributed by atoms with Crippen LogP contribution in [0.3, 0.4) is 0 Å². The van der Waals surface area contributed by atoms with Gasteiger partial charge in [0.05, 0.1) is 22.8 Å². The molecule has 1 aromatic heterocycles. The Morgan fingerprint density at radius 3 is 2.64 bits per heavy atom. The number of aliphatic hydroxyl groups excluding tert-OH is 1. The van der Waals surface area contributed by atoms with Gasteiger partial charge in [0.2, 0.25) is 15.8 Å². The van der Waals surface area contributed by atoms with E-state index in [-0.39, 0.29) is 24.8 Å². The van der Waals surface area contributed by atoms with Gasteiger partial charge >= 0.3 is 0 Å². The van der Waals surface area contributed by atoms with Crippen molar-refractivity contribution in [2.24, 2.45) is 5.41 Å². The molecule has 3 aliphatic carbocycles. The van der Waals surface area contributed by atoms with E-state index in [2.05, 4.69) is 19.9 Å². The fourth-order valence-electron chi connectivity index (χ4n) is 7.46. The minimum Gasteiger partial charge on any atom is -0.393 e. The summed E-state index contributed by atoms with van der Waals surface area (Å²) in [5, 5.41) is 24.5. The highest BCUT2D eigenvalue weighted by Crippen LogP contribution is 2.59. The fraction of sp³-hybridized carbons (Fsp3) is 0.528. The number of ether oxygens (including phenoxy) is 1. The van der Waals surface area contributed by atoms with Gasteiger partial charge in [0.15, 0.2) is 0 Å². The van der Waals surface area contributed by atoms with Crippen LogP contribution in [-0.2, 0) is 21.2 Å². The third-order valence-electron chi connectivity index (χ3n) is 10.2. The van der Waals surface area contributed by atoms with Crippen LogP contribution in [0.1, 0.15) is 91.1 Å². The average molecular weight is 654 g/mol. The van der Waals surface area contributed by atoms with Crippen LogP contribution in [0.25, 0.3) is 10.1 Å². The van der Waals surface area contributed by atoms with Gasteiger partial charge in [-0.1, -0.05) is 48.9 Å². The van der Waals surface area contributed by atoms with Gasteiger partial charge in [0, 0.05) is 42.5 Å². The Hall–Kier alpha value is -2.40. The van der Waals surface area contributed by atoms with E-state index in [1.54, 1.807) is 7.11 Å². The number of thiophene rings is 1. The maximum atomic E-state index is 14.4. The summed E-state index contributed by atoms with van der Waals surface area (Å²) < 4.78 is 33.5. The first-order valence-electron chi connectivity index (χ1n) is 16.0. The third-order valence-corrected chi connectivity index (χ3v) is 12.6. The quantitative estimate of drug-likeness (QED) is 0.156. The molecule has 0 saturated heterocycles. The molecule has 0 unspecified atom stereocenters. The maximum Gasteiger partial charge on any atom is 0.211 e. The fourth-order valence-corrected chi connectivity index (χ4v) is 9.39. The summed E-state index contributed by atoms with van der Waals surface area (Å²) in [5.41, 5.74) is 1.58. The zero-order chi connectivity index (χ0) is 32.4. The van der Waals surface area contributed by atoms with Gasteiger partial charge in [-0.3, -0.25) is 4.79 Å². The molecular formula is C36H47NO6S2. The molecule has 4 atom stereocenters. The Balaban J connectivity index is 1.61. The number of aliphatic hydroxyl groups is 2. The molecule has 2 N–H and O–H groups in total. The van der Waals surface area contributed by atoms with Gasteiger partial charge in [0.25, 0.3) is 0 Å². The molecule has 1 heterocycles. The molecule has 244 valence electrons. The van der Waals surface area contributed by atoms with Crippen molar-refractivity contribution in [1.82, 2.24) is 4.31 Å². The second kappa shape index (κ2) is 13.8. The minimum absolute atomic E-state index is 0.00485. The van der Waals surface area contributed by atoms with Crippen molar-refractivity contribution in [2.45, 2.75) is 82.8 Å². The SMILES string of the molecule is COCCCN(C[C@]1(O)CC[C@H]2c3ccc(cc3C(=O)c3cc4ccccc4s3)C[C@@H](O)CCC(C)=CCC[C@@]21C)S(C)(=O)=O. The molecule has 2 bridgehead atoms. The number of fused-ring (bicyclic) bond motifs is 9. The number of nitrogens with zero attached hydrogens (tertiary/aromatic N) is 1. The topological polar surface area (TPSA) is 104 Å². The predicted molar refractivity (Wildman–Crippen MR) is 182 cm³/mol. The summed E-state index contributed by atoms with van der Waals surface area (Å²) in [4.78, 5) is 15.0. The van der Waals surface area contributed by atoms with E-state index in [1.165, 1.54) is 27.5 Å². The number of ketones is 1. The molecule has 3 aliphatic rings. The Labute approximate surface area is 272 Å². The van der Waals surface area contributed by atoms with Crippen LogP contribution >= 0.6 is 11.3 Å². The normalized spacial score (nSPS) is 26.2. The van der Waals surface area contributed by atoms with Crippen LogP contribution in [0.15, 0.2) is 60.2 Å². The molecule has 3 aromatic rings. The first-order chi connectivity index (χ1) is 21.3. The van der Waals surface area contributed by atoms with Gasteiger partial charge in [-0.25, -0.2) is 8.42 Å². The van der Waals surface area contributed by atoms with Crippen LogP contribution in [-0.4, -0.2) is 73.5 Å². The zero-order valence-electron chi connectivity index (χ0n) is 26.9. The molecule has 0 amide bonds. The Morgan fingerprint density at radius 2 is 1.91 bits per heavy atom. The summed E-state index contributed by atoms with van der Waals surface area (Å²) in [6, 6.07) is 15.9. The third kappa shape index (κ3) is 7.29. The van der Waals surface area contributed by atoms with Crippen LogP contribution in [0, 0.1) is 5.41 Å². The number of hydrogen-bond donors (Lipinski definition) is 2. The van der Waals surface area contributed by atoms with Gasteiger partial charge in [-0.15, -0.1) is 11.3 Å². The molecule has 7 nitrogen and oxygen atoms in total. The minimum atomic E-state index is -3.59. The van der Waals surface area contributed by atoms with Crippen molar-refractivity contribution in [3.63, 3.8) is 0 Å². The number of methoxy groups -OCH3 is 1. The maximum absolute atomic E-state index is 14.4. The van der Waals surface area contributed by atoms with Gasteiger partial charge in [0.1, 0.15) is 0 Å². The molecule has 9 heteroatoms. The van der Waals surface area contributed by atoms with Crippen LogP contribution < -0.4 is 0 Å². The summed E-state index contributed by atoms with van der Waals surface area (Å²) in [7, 11) is -2.00. The standard InChI is InChI=1S/C36H47NO6S2/c1-25-9-7-17-35(2)31(16-18-36(35,40)24-37(45(4,41)42)19-8-20-43-3)29-15-13-26(21-28(38)14-12-25)22-30(29)34(39)33-23-27-10-5-6-11-32(27)44-33/h5-6,9-11,13,15,22-23,28,31,38,40H,7-8,12,14,16-21,24H2,1-4H3/t28-,31-,35-,36+/m0/s1. The molecular weight excluding hydrogens is 607 g/mol. The number of allylic oxidation sites excluding steroid dienone is 2. The monoisotopic (exact) mass is 653 g/mol. The highest BCUT2D eigenvalue weighted by atomic mass is 32.2. The Kier molecular flexibility index (Phi) is 10.4. The first-order valence-corrected chi connectivity index (χ1v) is 18.7. The largest absolute Gasteiger partial charge is 0.393 e. The molecule has 2 aromatic carbocycles. The molecule has 1 fully saturated rings. The highest BCUT2D eigenvalue weighted by molar-refractivity contribution is 7.88. The lowest BCUT2D eigenvalue weighted by atomic mass is 9.65. The van der Waals surface area contributed by atoms with Crippen LogP contribution in [0.4, 0.5) is 0 Å². The van der Waals surface area contributed by atoms with E-state index in [0.717, 1.165) is 27.6 Å². The molecule has 0 spiro atoms. The van der Waals surface area contributed by atoms with Crippen molar-refractivity contribution >= 4 is 37.2 Å². The second-order valence-corrected chi connectivity index (χ2v) is 16.4. The average Bonchev–Trinajstić information content (AvgIpc) is 3.53. The number of carbonyl (C=O) groups excluding carboxylic acids is 1. The molecule has 45 heavy (non-hydrogen) atoms. The smallest absolute Gasteiger partial charge is 0.211 e. The number of carbonyl (C=O) groups is 1. The van der Waals surface area contributed by atoms with Crippen molar-refractivity contribution in [3.05, 3.63) is 81.7 Å². The van der Waals surface area contributed by atoms with Crippen molar-refractivity contribution in [1.29, 1.82) is 0 Å². The summed E-state index contributed by atoms with van der Waals surface area (Å²) in [6.07, 6.45) is 7.63. The lowest BCUT2D eigenvalue weighted by Gasteiger charge is -2.45. The van der Waals surface area contributed by atoms with E-state index < -0.39 is 27.1 Å². The number of sulfonamides is 1. The van der Waals surface area contributed by atoms with E-state index in [9.17, 15) is 23.4 Å². The van der Waals surface area contributed by atoms with Crippen LogP contribution in [0.2, 0.25) is 0 Å². The van der Waals surface area contributed by atoms with E-state index in [4.69, 9.17) is 4.74 Å². The lowest BCUT2D eigenvalue weighted by molar-refractivity contribution is -0.0726. The second-order valence-electron chi connectivity index (χ2n) is 13.4. The number of rotatable bonds is 9. The Bertz CT molecular complexity index is 1630. The van der Waals surface area contributed by atoms with Gasteiger partial charge in [-0.05, 0) is 98.9 Å². The van der Waals surface area contributed by atoms with Crippen molar-refractivity contribution in [2.75, 3.05) is 33.1 Å². The van der Waals surface area contributed by atoms with E-state index in [1.807, 2.05) is 48.5 Å². The summed E-state index contributed by atoms with van der Waals surface area (Å²) in [5.74, 6) is -0.229. The van der Waals surface area contributed by atoms with Crippen molar-refractivity contribution in [3.8, 4) is 0 Å². The Morgan fingerprint density at radius 1 is 1.13 bits per heavy atom. The van der Waals surface area contributed by atoms with E-state index in [0.29, 0.717) is 62.0 Å². The van der Waals surface area contributed by atoms with Crippen LogP contribution in [0.5, 0.6) is 0 Å². The first kappa shape index (κ1) is 33.9. The lowest BCUT2D eigenvalue weighted by Crippen LogP contribution is -2.53.